The molecule has 0 saturated carbocycles. The fraction of sp³-hybridized carbons (Fsp3) is 0.923. The van der Waals surface area contributed by atoms with E-state index in [0.717, 1.165) is 45.5 Å². The highest BCUT2D eigenvalue weighted by atomic mass is 16.6. The van der Waals surface area contributed by atoms with E-state index < -0.39 is 0 Å². The fourth-order valence-electron chi connectivity index (χ4n) is 3.37. The lowest BCUT2D eigenvalue weighted by Crippen LogP contribution is -2.54. The molecular formula is C13H23N3O3. The van der Waals surface area contributed by atoms with E-state index in [4.69, 9.17) is 15.2 Å². The Bertz CT molecular complexity index is 331. The van der Waals surface area contributed by atoms with Gasteiger partial charge in [-0.05, 0) is 19.3 Å². The van der Waals surface area contributed by atoms with Crippen molar-refractivity contribution in [1.29, 1.82) is 0 Å². The van der Waals surface area contributed by atoms with Crippen molar-refractivity contribution in [2.45, 2.75) is 37.4 Å². The van der Waals surface area contributed by atoms with E-state index in [1.165, 1.54) is 0 Å². The van der Waals surface area contributed by atoms with E-state index in [0.29, 0.717) is 25.3 Å². The third kappa shape index (κ3) is 2.70. The lowest BCUT2D eigenvalue weighted by Gasteiger charge is -2.41. The van der Waals surface area contributed by atoms with Crippen LogP contribution in [0.2, 0.25) is 0 Å². The van der Waals surface area contributed by atoms with Gasteiger partial charge in [-0.3, -0.25) is 4.90 Å². The van der Waals surface area contributed by atoms with E-state index in [2.05, 4.69) is 4.90 Å². The van der Waals surface area contributed by atoms with Crippen molar-refractivity contribution in [3.8, 4) is 0 Å². The van der Waals surface area contributed by atoms with Crippen molar-refractivity contribution in [2.75, 3.05) is 39.5 Å². The third-order valence-electron chi connectivity index (χ3n) is 4.51. The molecule has 3 fully saturated rings. The molecule has 19 heavy (non-hydrogen) atoms. The van der Waals surface area contributed by atoms with Gasteiger partial charge in [0.25, 0.3) is 0 Å². The van der Waals surface area contributed by atoms with Gasteiger partial charge in [0.05, 0.1) is 25.9 Å². The molecule has 0 bridgehead atoms. The number of carbonyl (C=O) groups excluding carboxylic acids is 1. The summed E-state index contributed by atoms with van der Waals surface area (Å²) in [4.78, 5) is 16.1. The molecule has 0 aromatic heterocycles. The van der Waals surface area contributed by atoms with Crippen molar-refractivity contribution < 1.29 is 14.3 Å². The van der Waals surface area contributed by atoms with Gasteiger partial charge >= 0.3 is 6.09 Å². The van der Waals surface area contributed by atoms with E-state index in [-0.39, 0.29) is 12.1 Å². The number of carbonyl (C=O) groups is 1. The van der Waals surface area contributed by atoms with Crippen LogP contribution in [0.1, 0.15) is 19.3 Å². The predicted octanol–water partition coefficient (Wildman–Crippen LogP) is 0.0192. The molecule has 3 heterocycles. The molecule has 0 aliphatic carbocycles. The highest BCUT2D eigenvalue weighted by Crippen LogP contribution is 2.23. The molecule has 2 atom stereocenters. The summed E-state index contributed by atoms with van der Waals surface area (Å²) < 4.78 is 10.6. The van der Waals surface area contributed by atoms with Crippen LogP contribution in [0.25, 0.3) is 0 Å². The number of piperidine rings is 1. The zero-order valence-electron chi connectivity index (χ0n) is 11.3. The van der Waals surface area contributed by atoms with Gasteiger partial charge in [-0.2, -0.15) is 0 Å². The minimum absolute atomic E-state index is 0.134. The maximum Gasteiger partial charge on any atom is 0.410 e. The standard InChI is InChI=1S/C13H23N3O3/c14-11-8-18-9-12(11)15-5-2-10(3-6-15)16-4-1-7-19-13(16)17/h10-12H,1-9,14H2. The average molecular weight is 269 g/mol. The Labute approximate surface area is 113 Å². The summed E-state index contributed by atoms with van der Waals surface area (Å²) in [6, 6.07) is 0.827. The van der Waals surface area contributed by atoms with Gasteiger partial charge in [-0.1, -0.05) is 0 Å². The third-order valence-corrected chi connectivity index (χ3v) is 4.51. The minimum atomic E-state index is -0.134. The van der Waals surface area contributed by atoms with Gasteiger partial charge in [0.1, 0.15) is 0 Å². The van der Waals surface area contributed by atoms with E-state index in [9.17, 15) is 4.79 Å². The van der Waals surface area contributed by atoms with Crippen molar-refractivity contribution in [3.63, 3.8) is 0 Å². The molecule has 3 rings (SSSR count). The molecule has 3 aliphatic heterocycles. The Morgan fingerprint density at radius 1 is 1.16 bits per heavy atom. The lowest BCUT2D eigenvalue weighted by molar-refractivity contribution is 0.0299. The van der Waals surface area contributed by atoms with Crippen LogP contribution in [0.5, 0.6) is 0 Å². The minimum Gasteiger partial charge on any atom is -0.449 e. The summed E-state index contributed by atoms with van der Waals surface area (Å²) in [7, 11) is 0. The zero-order chi connectivity index (χ0) is 13.2. The van der Waals surface area contributed by atoms with Gasteiger partial charge in [-0.25, -0.2) is 4.79 Å². The van der Waals surface area contributed by atoms with Crippen LogP contribution in [-0.4, -0.2) is 73.5 Å². The number of likely N-dealkylation sites (tertiary alicyclic amines) is 1. The van der Waals surface area contributed by atoms with E-state index in [1.54, 1.807) is 0 Å². The Morgan fingerprint density at radius 3 is 2.58 bits per heavy atom. The normalized spacial score (nSPS) is 34.6. The van der Waals surface area contributed by atoms with Crippen molar-refractivity contribution in [2.24, 2.45) is 5.73 Å². The first kappa shape index (κ1) is 13.1. The number of nitrogens with zero attached hydrogens (tertiary/aromatic N) is 2. The highest BCUT2D eigenvalue weighted by molar-refractivity contribution is 5.68. The molecule has 6 nitrogen and oxygen atoms in total. The summed E-state index contributed by atoms with van der Waals surface area (Å²) in [5, 5.41) is 0. The van der Waals surface area contributed by atoms with Crippen molar-refractivity contribution in [3.05, 3.63) is 0 Å². The van der Waals surface area contributed by atoms with E-state index in [1.807, 2.05) is 4.90 Å². The predicted molar refractivity (Wildman–Crippen MR) is 69.8 cm³/mol. The number of rotatable bonds is 2. The van der Waals surface area contributed by atoms with Crippen LogP contribution < -0.4 is 5.73 Å². The van der Waals surface area contributed by atoms with Crippen LogP contribution in [0.4, 0.5) is 4.79 Å². The first-order chi connectivity index (χ1) is 9.25. The van der Waals surface area contributed by atoms with Gasteiger partial charge in [0, 0.05) is 31.7 Å². The molecule has 2 N–H and O–H groups in total. The maximum absolute atomic E-state index is 11.7. The second kappa shape index (κ2) is 5.64. The number of ether oxygens (including phenoxy) is 2. The zero-order valence-corrected chi connectivity index (χ0v) is 11.3. The highest BCUT2D eigenvalue weighted by Gasteiger charge is 2.36. The average Bonchev–Trinajstić information content (AvgIpc) is 2.86. The summed E-state index contributed by atoms with van der Waals surface area (Å²) in [5.41, 5.74) is 6.06. The molecule has 1 amide bonds. The Morgan fingerprint density at radius 2 is 1.95 bits per heavy atom. The van der Waals surface area contributed by atoms with Gasteiger partial charge in [0.15, 0.2) is 0 Å². The molecule has 6 heteroatoms. The molecule has 3 aliphatic rings. The number of cyclic esters (lactones) is 1. The molecular weight excluding hydrogens is 246 g/mol. The molecule has 108 valence electrons. The molecule has 2 unspecified atom stereocenters. The molecule has 3 saturated heterocycles. The number of nitrogens with two attached hydrogens (primary N) is 1. The quantitative estimate of drug-likeness (QED) is 0.765. The van der Waals surface area contributed by atoms with Crippen LogP contribution in [0.15, 0.2) is 0 Å². The maximum atomic E-state index is 11.7. The van der Waals surface area contributed by atoms with Crippen LogP contribution >= 0.6 is 0 Å². The number of amides is 1. The molecule has 0 spiro atoms. The fourth-order valence-corrected chi connectivity index (χ4v) is 3.37. The Balaban J connectivity index is 1.52. The first-order valence-electron chi connectivity index (χ1n) is 7.26. The van der Waals surface area contributed by atoms with Crippen molar-refractivity contribution in [1.82, 2.24) is 9.80 Å². The summed E-state index contributed by atoms with van der Waals surface area (Å²) >= 11 is 0. The summed E-state index contributed by atoms with van der Waals surface area (Å²) in [5.74, 6) is 0. The topological polar surface area (TPSA) is 68.0 Å². The Hall–Kier alpha value is -0.850. The van der Waals surface area contributed by atoms with Crippen LogP contribution in [-0.2, 0) is 9.47 Å². The monoisotopic (exact) mass is 269 g/mol. The SMILES string of the molecule is NC1COCC1N1CCC(N2CCCOC2=O)CC1. The second-order valence-corrected chi connectivity index (χ2v) is 5.70. The second-order valence-electron chi connectivity index (χ2n) is 5.70. The first-order valence-corrected chi connectivity index (χ1v) is 7.26. The smallest absolute Gasteiger partial charge is 0.410 e. The molecule has 0 aromatic carbocycles. The van der Waals surface area contributed by atoms with Crippen molar-refractivity contribution >= 4 is 6.09 Å². The van der Waals surface area contributed by atoms with Crippen LogP contribution in [0, 0.1) is 0 Å². The summed E-state index contributed by atoms with van der Waals surface area (Å²) in [6.45, 7) is 4.82. The Kier molecular flexibility index (Phi) is 3.91. The molecule has 0 radical (unpaired) electrons. The number of hydrogen-bond acceptors (Lipinski definition) is 5. The lowest BCUT2D eigenvalue weighted by atomic mass is 10.00. The number of hydrogen-bond donors (Lipinski definition) is 1. The van der Waals surface area contributed by atoms with E-state index >= 15 is 0 Å². The van der Waals surface area contributed by atoms with Crippen LogP contribution in [0.3, 0.4) is 0 Å². The van der Waals surface area contributed by atoms with Gasteiger partial charge in [-0.15, -0.1) is 0 Å². The summed E-state index contributed by atoms with van der Waals surface area (Å²) in [6.07, 6.45) is 2.84. The largest absolute Gasteiger partial charge is 0.449 e. The van der Waals surface area contributed by atoms with Gasteiger partial charge in [0.2, 0.25) is 0 Å². The molecule has 0 aromatic rings. The van der Waals surface area contributed by atoms with Gasteiger partial charge < -0.3 is 20.1 Å².